The molecule has 0 aromatic carbocycles. The number of hydrogen-bond donors (Lipinski definition) is 2. The van der Waals surface area contributed by atoms with E-state index in [4.69, 9.17) is 11.6 Å². The smallest absolute Gasteiger partial charge is 0.315 e. The van der Waals surface area contributed by atoms with Crippen LogP contribution in [0.5, 0.6) is 0 Å². The summed E-state index contributed by atoms with van der Waals surface area (Å²) in [6, 6.07) is -0.118. The van der Waals surface area contributed by atoms with E-state index in [2.05, 4.69) is 10.6 Å². The first-order valence-corrected chi connectivity index (χ1v) is 6.48. The van der Waals surface area contributed by atoms with E-state index in [0.29, 0.717) is 25.4 Å². The summed E-state index contributed by atoms with van der Waals surface area (Å²) < 4.78 is 0. The highest BCUT2D eigenvalue weighted by Gasteiger charge is 2.31. The van der Waals surface area contributed by atoms with Crippen LogP contribution in [0.1, 0.15) is 26.7 Å². The number of halogens is 1. The second-order valence-electron chi connectivity index (χ2n) is 4.48. The van der Waals surface area contributed by atoms with Crippen LogP contribution in [0.15, 0.2) is 0 Å². The van der Waals surface area contributed by atoms with Gasteiger partial charge in [-0.15, -0.1) is 11.6 Å². The minimum Gasteiger partial charge on any atom is -0.338 e. The van der Waals surface area contributed by atoms with Crippen LogP contribution in [0.3, 0.4) is 0 Å². The Balaban J connectivity index is 2.29. The van der Waals surface area contributed by atoms with Crippen LogP contribution in [-0.4, -0.2) is 47.9 Å². The van der Waals surface area contributed by atoms with E-state index in [1.165, 1.54) is 0 Å². The molecule has 0 aromatic rings. The number of carbonyl (C=O) groups excluding carboxylic acids is 2. The molecule has 98 valence electrons. The van der Waals surface area contributed by atoms with E-state index in [0.717, 1.165) is 6.42 Å². The molecule has 5 nitrogen and oxygen atoms in total. The largest absolute Gasteiger partial charge is 0.338 e. The zero-order chi connectivity index (χ0) is 12.8. The summed E-state index contributed by atoms with van der Waals surface area (Å²) in [6.45, 7) is 5.10. The molecule has 0 spiro atoms. The second kappa shape index (κ2) is 6.69. The summed E-state index contributed by atoms with van der Waals surface area (Å²) in [5, 5.41) is 5.50. The summed E-state index contributed by atoms with van der Waals surface area (Å²) in [6.07, 6.45) is 1.14. The lowest BCUT2D eigenvalue weighted by molar-refractivity contribution is -0.129. The zero-order valence-electron chi connectivity index (χ0n) is 10.3. The van der Waals surface area contributed by atoms with Crippen LogP contribution < -0.4 is 10.6 Å². The average Bonchev–Trinajstić information content (AvgIpc) is 2.60. The topological polar surface area (TPSA) is 61.4 Å². The van der Waals surface area contributed by atoms with Gasteiger partial charge in [0.25, 0.3) is 0 Å². The lowest BCUT2D eigenvalue weighted by Gasteiger charge is -2.21. The van der Waals surface area contributed by atoms with Crippen molar-refractivity contribution < 1.29 is 9.59 Å². The van der Waals surface area contributed by atoms with Crippen molar-refractivity contribution in [1.29, 1.82) is 0 Å². The highest BCUT2D eigenvalue weighted by molar-refractivity contribution is 6.17. The standard InChI is InChI=1S/C11H20ClN3O2/c1-8(2)15-7-9(6-10(15)16)14-11(17)13-5-3-4-12/h8-9H,3-7H2,1-2H3,(H2,13,14,17). The van der Waals surface area contributed by atoms with Crippen LogP contribution in [0.4, 0.5) is 4.79 Å². The Labute approximate surface area is 107 Å². The fraction of sp³-hybridized carbons (Fsp3) is 0.818. The third kappa shape index (κ3) is 4.42. The van der Waals surface area contributed by atoms with Gasteiger partial charge in [0, 0.05) is 31.4 Å². The summed E-state index contributed by atoms with van der Waals surface area (Å²) in [7, 11) is 0. The third-order valence-corrected chi connectivity index (χ3v) is 2.98. The highest BCUT2D eigenvalue weighted by atomic mass is 35.5. The number of carbonyl (C=O) groups is 2. The Morgan fingerprint density at radius 1 is 1.59 bits per heavy atom. The van der Waals surface area contributed by atoms with Gasteiger partial charge in [-0.05, 0) is 20.3 Å². The molecule has 17 heavy (non-hydrogen) atoms. The summed E-state index contributed by atoms with van der Waals surface area (Å²) in [5.41, 5.74) is 0. The fourth-order valence-corrected chi connectivity index (χ4v) is 1.97. The van der Waals surface area contributed by atoms with Crippen molar-refractivity contribution in [2.75, 3.05) is 19.0 Å². The van der Waals surface area contributed by atoms with Crippen molar-refractivity contribution >= 4 is 23.5 Å². The second-order valence-corrected chi connectivity index (χ2v) is 4.86. The van der Waals surface area contributed by atoms with Gasteiger partial charge in [-0.3, -0.25) is 4.79 Å². The van der Waals surface area contributed by atoms with Crippen LogP contribution in [0, 0.1) is 0 Å². The molecule has 1 aliphatic heterocycles. The molecule has 1 heterocycles. The zero-order valence-corrected chi connectivity index (χ0v) is 11.1. The SMILES string of the molecule is CC(C)N1CC(NC(=O)NCCCCl)CC1=O. The molecule has 0 bridgehead atoms. The van der Waals surface area contributed by atoms with Crippen LogP contribution in [0.2, 0.25) is 0 Å². The molecule has 1 fully saturated rings. The summed E-state index contributed by atoms with van der Waals surface area (Å²) in [5.74, 6) is 0.634. The molecule has 1 aliphatic rings. The first-order valence-electron chi connectivity index (χ1n) is 5.94. The van der Waals surface area contributed by atoms with Crippen molar-refractivity contribution in [2.45, 2.75) is 38.8 Å². The molecule has 1 saturated heterocycles. The van der Waals surface area contributed by atoms with Gasteiger partial charge in [0.1, 0.15) is 0 Å². The Morgan fingerprint density at radius 3 is 2.82 bits per heavy atom. The average molecular weight is 262 g/mol. The number of likely N-dealkylation sites (tertiary alicyclic amines) is 1. The molecular weight excluding hydrogens is 242 g/mol. The minimum absolute atomic E-state index is 0.0825. The number of hydrogen-bond acceptors (Lipinski definition) is 2. The van der Waals surface area contributed by atoms with E-state index < -0.39 is 0 Å². The normalized spacial score (nSPS) is 19.9. The molecule has 1 rings (SSSR count). The van der Waals surface area contributed by atoms with Crippen molar-refractivity contribution in [3.05, 3.63) is 0 Å². The van der Waals surface area contributed by atoms with Gasteiger partial charge in [-0.2, -0.15) is 0 Å². The van der Waals surface area contributed by atoms with E-state index >= 15 is 0 Å². The van der Waals surface area contributed by atoms with Gasteiger partial charge in [0.2, 0.25) is 5.91 Å². The number of urea groups is 1. The maximum absolute atomic E-state index is 11.6. The van der Waals surface area contributed by atoms with Gasteiger partial charge in [-0.25, -0.2) is 4.79 Å². The Hall–Kier alpha value is -0.970. The quantitative estimate of drug-likeness (QED) is 0.571. The number of nitrogens with zero attached hydrogens (tertiary/aromatic N) is 1. The molecule has 0 radical (unpaired) electrons. The van der Waals surface area contributed by atoms with Crippen LogP contribution in [0.25, 0.3) is 0 Å². The lowest BCUT2D eigenvalue weighted by Crippen LogP contribution is -2.44. The van der Waals surface area contributed by atoms with Gasteiger partial charge in [-0.1, -0.05) is 0 Å². The van der Waals surface area contributed by atoms with Crippen molar-refractivity contribution in [1.82, 2.24) is 15.5 Å². The first kappa shape index (κ1) is 14.1. The summed E-state index contributed by atoms with van der Waals surface area (Å²) >= 11 is 5.51. The molecular formula is C11H20ClN3O2. The Bertz CT molecular complexity index is 284. The van der Waals surface area contributed by atoms with Gasteiger partial charge < -0.3 is 15.5 Å². The number of nitrogens with one attached hydrogen (secondary N) is 2. The van der Waals surface area contributed by atoms with Crippen molar-refractivity contribution in [3.63, 3.8) is 0 Å². The molecule has 1 unspecified atom stereocenters. The third-order valence-electron chi connectivity index (χ3n) is 2.71. The van der Waals surface area contributed by atoms with Gasteiger partial charge >= 0.3 is 6.03 Å². The highest BCUT2D eigenvalue weighted by Crippen LogP contribution is 2.13. The van der Waals surface area contributed by atoms with Crippen LogP contribution >= 0.6 is 11.6 Å². The predicted molar refractivity (Wildman–Crippen MR) is 67.1 cm³/mol. The number of alkyl halides is 1. The van der Waals surface area contributed by atoms with Crippen LogP contribution in [-0.2, 0) is 4.79 Å². The molecule has 6 heteroatoms. The van der Waals surface area contributed by atoms with Crippen molar-refractivity contribution in [3.8, 4) is 0 Å². The van der Waals surface area contributed by atoms with Gasteiger partial charge in [0.05, 0.1) is 6.04 Å². The summed E-state index contributed by atoms with van der Waals surface area (Å²) in [4.78, 5) is 24.8. The monoisotopic (exact) mass is 261 g/mol. The molecule has 1 atom stereocenters. The van der Waals surface area contributed by atoms with E-state index in [1.54, 1.807) is 4.90 Å². The fourth-order valence-electron chi connectivity index (χ4n) is 1.83. The Morgan fingerprint density at radius 2 is 2.29 bits per heavy atom. The van der Waals surface area contributed by atoms with E-state index in [-0.39, 0.29) is 24.0 Å². The number of amides is 3. The molecule has 0 aromatic heterocycles. The first-order chi connectivity index (χ1) is 8.04. The van der Waals surface area contributed by atoms with Crippen molar-refractivity contribution in [2.24, 2.45) is 0 Å². The molecule has 0 aliphatic carbocycles. The van der Waals surface area contributed by atoms with E-state index in [9.17, 15) is 9.59 Å². The predicted octanol–water partition coefficient (Wildman–Crippen LogP) is 0.924. The maximum atomic E-state index is 11.6. The molecule has 0 saturated carbocycles. The minimum atomic E-state index is -0.224. The van der Waals surface area contributed by atoms with Gasteiger partial charge in [0.15, 0.2) is 0 Å². The molecule has 3 amide bonds. The van der Waals surface area contributed by atoms with E-state index in [1.807, 2.05) is 13.8 Å². The Kier molecular flexibility index (Phi) is 5.55. The maximum Gasteiger partial charge on any atom is 0.315 e. The lowest BCUT2D eigenvalue weighted by atomic mass is 10.2. The number of rotatable bonds is 5. The molecule has 2 N–H and O–H groups in total.